The Morgan fingerprint density at radius 2 is 2.37 bits per heavy atom. The summed E-state index contributed by atoms with van der Waals surface area (Å²) in [5.74, 6) is -0.961. The standard InChI is InChI=1S/C12H16N4O2S/c17-12(18)11-15-10(8-19-11)7-13-3-1-2-5-16-6-4-14-9-16/h4,6,8-9,13H,1-3,5,7H2,(H,17,18). The van der Waals surface area contributed by atoms with Gasteiger partial charge in [-0.3, -0.25) is 0 Å². The highest BCUT2D eigenvalue weighted by molar-refractivity contribution is 7.11. The molecule has 0 saturated heterocycles. The van der Waals surface area contributed by atoms with Crippen LogP contribution in [0.25, 0.3) is 0 Å². The van der Waals surface area contributed by atoms with Gasteiger partial charge in [0.1, 0.15) is 0 Å². The fourth-order valence-electron chi connectivity index (χ4n) is 1.67. The molecule has 7 heteroatoms. The Hall–Kier alpha value is -1.73. The third-order valence-corrected chi connectivity index (χ3v) is 3.50. The largest absolute Gasteiger partial charge is 0.476 e. The summed E-state index contributed by atoms with van der Waals surface area (Å²) in [4.78, 5) is 18.7. The first kappa shape index (κ1) is 13.7. The molecule has 0 spiro atoms. The van der Waals surface area contributed by atoms with E-state index in [1.54, 1.807) is 11.6 Å². The van der Waals surface area contributed by atoms with Gasteiger partial charge in [0.2, 0.25) is 5.01 Å². The Kier molecular flexibility index (Phi) is 5.05. The van der Waals surface area contributed by atoms with Crippen molar-refractivity contribution in [3.05, 3.63) is 34.8 Å². The van der Waals surface area contributed by atoms with Crippen molar-refractivity contribution in [2.45, 2.75) is 25.9 Å². The molecule has 0 saturated carbocycles. The minimum atomic E-state index is -0.961. The maximum atomic E-state index is 10.7. The van der Waals surface area contributed by atoms with Crippen LogP contribution in [0, 0.1) is 0 Å². The minimum absolute atomic E-state index is 0.150. The van der Waals surface area contributed by atoms with Gasteiger partial charge >= 0.3 is 5.97 Å². The van der Waals surface area contributed by atoms with Gasteiger partial charge in [-0.1, -0.05) is 0 Å². The van der Waals surface area contributed by atoms with E-state index in [1.165, 1.54) is 0 Å². The number of hydrogen-bond donors (Lipinski definition) is 2. The summed E-state index contributed by atoms with van der Waals surface area (Å²) >= 11 is 1.16. The van der Waals surface area contributed by atoms with E-state index in [0.717, 1.165) is 43.0 Å². The van der Waals surface area contributed by atoms with Gasteiger partial charge in [-0.05, 0) is 19.4 Å². The van der Waals surface area contributed by atoms with Gasteiger partial charge in [0.05, 0.1) is 12.0 Å². The van der Waals surface area contributed by atoms with Crippen molar-refractivity contribution in [2.24, 2.45) is 0 Å². The third kappa shape index (κ3) is 4.46. The zero-order valence-electron chi connectivity index (χ0n) is 10.5. The number of nitrogens with zero attached hydrogens (tertiary/aromatic N) is 3. The number of carbonyl (C=O) groups is 1. The molecule has 0 bridgehead atoms. The van der Waals surface area contributed by atoms with Gasteiger partial charge in [0.25, 0.3) is 0 Å². The Morgan fingerprint density at radius 1 is 1.47 bits per heavy atom. The second-order valence-corrected chi connectivity index (χ2v) is 4.99. The van der Waals surface area contributed by atoms with Crippen molar-refractivity contribution in [1.29, 1.82) is 0 Å². The highest BCUT2D eigenvalue weighted by Gasteiger charge is 2.07. The van der Waals surface area contributed by atoms with Crippen LogP contribution in [-0.4, -0.2) is 32.2 Å². The summed E-state index contributed by atoms with van der Waals surface area (Å²) in [6.07, 6.45) is 7.70. The summed E-state index contributed by atoms with van der Waals surface area (Å²) in [5, 5.41) is 13.9. The van der Waals surface area contributed by atoms with Gasteiger partial charge in [0, 0.05) is 30.9 Å². The molecule has 0 fully saturated rings. The second-order valence-electron chi connectivity index (χ2n) is 4.13. The number of thiazole rings is 1. The number of imidazole rings is 1. The lowest BCUT2D eigenvalue weighted by molar-refractivity contribution is 0.0696. The topological polar surface area (TPSA) is 80.0 Å². The van der Waals surface area contributed by atoms with Crippen LogP contribution < -0.4 is 5.32 Å². The van der Waals surface area contributed by atoms with Crippen molar-refractivity contribution < 1.29 is 9.90 Å². The monoisotopic (exact) mass is 280 g/mol. The van der Waals surface area contributed by atoms with E-state index in [9.17, 15) is 4.79 Å². The Bertz CT molecular complexity index is 510. The Labute approximate surface area is 115 Å². The summed E-state index contributed by atoms with van der Waals surface area (Å²) in [6.45, 7) is 2.49. The van der Waals surface area contributed by atoms with Crippen LogP contribution in [0.5, 0.6) is 0 Å². The van der Waals surface area contributed by atoms with Crippen LogP contribution >= 0.6 is 11.3 Å². The van der Waals surface area contributed by atoms with Crippen molar-refractivity contribution >= 4 is 17.3 Å². The molecule has 0 aliphatic carbocycles. The van der Waals surface area contributed by atoms with Crippen LogP contribution in [0.4, 0.5) is 0 Å². The first-order chi connectivity index (χ1) is 9.25. The van der Waals surface area contributed by atoms with Gasteiger partial charge < -0.3 is 15.0 Å². The molecule has 0 amide bonds. The van der Waals surface area contributed by atoms with E-state index < -0.39 is 5.97 Å². The Morgan fingerprint density at radius 3 is 3.05 bits per heavy atom. The van der Waals surface area contributed by atoms with E-state index in [1.807, 2.05) is 12.5 Å². The lowest BCUT2D eigenvalue weighted by Gasteiger charge is -2.03. The van der Waals surface area contributed by atoms with E-state index in [4.69, 9.17) is 5.11 Å². The molecule has 2 heterocycles. The zero-order chi connectivity index (χ0) is 13.5. The molecule has 0 atom stereocenters. The number of hydrogen-bond acceptors (Lipinski definition) is 5. The van der Waals surface area contributed by atoms with Gasteiger partial charge in [-0.15, -0.1) is 11.3 Å². The molecule has 0 aliphatic rings. The van der Waals surface area contributed by atoms with E-state index >= 15 is 0 Å². The number of carboxylic acid groups (broad SMARTS) is 1. The predicted molar refractivity (Wildman–Crippen MR) is 72.2 cm³/mol. The molecule has 2 aromatic rings. The van der Waals surface area contributed by atoms with E-state index in [2.05, 4.69) is 19.9 Å². The van der Waals surface area contributed by atoms with Crippen molar-refractivity contribution in [3.63, 3.8) is 0 Å². The van der Waals surface area contributed by atoms with Crippen LogP contribution in [0.3, 0.4) is 0 Å². The first-order valence-corrected chi connectivity index (χ1v) is 6.98. The SMILES string of the molecule is O=C(O)c1nc(CNCCCCn2ccnc2)cs1. The molecule has 2 N–H and O–H groups in total. The lowest BCUT2D eigenvalue weighted by Crippen LogP contribution is -2.15. The highest BCUT2D eigenvalue weighted by Crippen LogP contribution is 2.09. The maximum absolute atomic E-state index is 10.7. The number of aryl methyl sites for hydroxylation is 1. The first-order valence-electron chi connectivity index (χ1n) is 6.10. The lowest BCUT2D eigenvalue weighted by atomic mass is 10.3. The number of nitrogens with one attached hydrogen (secondary N) is 1. The number of unbranched alkanes of at least 4 members (excludes halogenated alkanes) is 1. The van der Waals surface area contributed by atoms with Gasteiger partial charge in [-0.2, -0.15) is 0 Å². The van der Waals surface area contributed by atoms with Crippen molar-refractivity contribution in [3.8, 4) is 0 Å². The molecule has 19 heavy (non-hydrogen) atoms. The summed E-state index contributed by atoms with van der Waals surface area (Å²) in [7, 11) is 0. The predicted octanol–water partition coefficient (Wildman–Crippen LogP) is 1.61. The van der Waals surface area contributed by atoms with Crippen molar-refractivity contribution in [2.75, 3.05) is 6.54 Å². The highest BCUT2D eigenvalue weighted by atomic mass is 32.1. The van der Waals surface area contributed by atoms with Gasteiger partial charge in [0.15, 0.2) is 0 Å². The van der Waals surface area contributed by atoms with Gasteiger partial charge in [-0.25, -0.2) is 14.8 Å². The number of rotatable bonds is 8. The van der Waals surface area contributed by atoms with Crippen LogP contribution in [0.15, 0.2) is 24.1 Å². The molecule has 0 aromatic carbocycles. The Balaban J connectivity index is 1.57. The van der Waals surface area contributed by atoms with E-state index in [0.29, 0.717) is 6.54 Å². The number of carboxylic acids is 1. The average Bonchev–Trinajstić information content (AvgIpc) is 3.04. The molecular weight excluding hydrogens is 264 g/mol. The second kappa shape index (κ2) is 7.01. The van der Waals surface area contributed by atoms with E-state index in [-0.39, 0.29) is 5.01 Å². The fourth-order valence-corrected chi connectivity index (χ4v) is 2.32. The zero-order valence-corrected chi connectivity index (χ0v) is 11.3. The summed E-state index contributed by atoms with van der Waals surface area (Å²) < 4.78 is 2.06. The molecule has 6 nitrogen and oxygen atoms in total. The van der Waals surface area contributed by atoms with Crippen LogP contribution in [-0.2, 0) is 13.1 Å². The average molecular weight is 280 g/mol. The van der Waals surface area contributed by atoms with Crippen molar-refractivity contribution in [1.82, 2.24) is 19.9 Å². The molecule has 0 aliphatic heterocycles. The summed E-state index contributed by atoms with van der Waals surface area (Å²) in [5.41, 5.74) is 0.789. The molecule has 0 unspecified atom stereocenters. The number of aromatic nitrogens is 3. The van der Waals surface area contributed by atoms with Crippen LogP contribution in [0.2, 0.25) is 0 Å². The quantitative estimate of drug-likeness (QED) is 0.718. The maximum Gasteiger partial charge on any atom is 0.365 e. The number of aromatic carboxylic acids is 1. The molecular formula is C12H16N4O2S. The fraction of sp³-hybridized carbons (Fsp3) is 0.417. The smallest absolute Gasteiger partial charge is 0.365 e. The normalized spacial score (nSPS) is 10.7. The van der Waals surface area contributed by atoms with Crippen LogP contribution in [0.1, 0.15) is 28.3 Å². The molecule has 2 rings (SSSR count). The molecule has 0 radical (unpaired) electrons. The summed E-state index contributed by atoms with van der Waals surface area (Å²) in [6, 6.07) is 0. The third-order valence-electron chi connectivity index (χ3n) is 2.62. The molecule has 2 aromatic heterocycles. The molecule has 102 valence electrons. The minimum Gasteiger partial charge on any atom is -0.476 e.